The molecule has 1 aliphatic carbocycles. The molecule has 9 nitrogen and oxygen atoms in total. The number of aromatic nitrogens is 3. The van der Waals surface area contributed by atoms with Crippen molar-refractivity contribution in [1.82, 2.24) is 25.2 Å². The Balaban J connectivity index is 1.27. The Bertz CT molecular complexity index is 1270. The molecule has 14 heteroatoms. The molecule has 0 spiro atoms. The number of anilines is 2. The molecule has 0 bridgehead atoms. The zero-order chi connectivity index (χ0) is 27.7. The number of alkyl halides is 4. The van der Waals surface area contributed by atoms with Gasteiger partial charge in [-0.1, -0.05) is 0 Å². The fraction of sp³-hybridized carbons (Fsp3) is 0.520. The Kier molecular flexibility index (Phi) is 7.67. The van der Waals surface area contributed by atoms with E-state index in [9.17, 15) is 31.9 Å². The largest absolute Gasteiger partial charge is 0.428 e. The van der Waals surface area contributed by atoms with E-state index in [-0.39, 0.29) is 37.8 Å². The van der Waals surface area contributed by atoms with Crippen LogP contribution >= 0.6 is 0 Å². The van der Waals surface area contributed by atoms with Crippen LogP contribution in [0.2, 0.25) is 0 Å². The molecule has 2 amide bonds. The molecule has 2 aromatic rings. The number of pyridine rings is 1. The van der Waals surface area contributed by atoms with Gasteiger partial charge in [0.25, 0.3) is 0 Å². The minimum absolute atomic E-state index is 0.0282. The van der Waals surface area contributed by atoms with Gasteiger partial charge in [-0.05, 0) is 56.0 Å². The van der Waals surface area contributed by atoms with E-state index in [2.05, 4.69) is 25.6 Å². The Morgan fingerprint density at radius 3 is 2.64 bits per heavy atom. The third-order valence-electron chi connectivity index (χ3n) is 7.40. The predicted octanol–water partition coefficient (Wildman–Crippen LogP) is 3.84. The number of halogens is 5. The third kappa shape index (κ3) is 5.96. The van der Waals surface area contributed by atoms with Gasteiger partial charge in [0.15, 0.2) is 5.82 Å². The normalized spacial score (nSPS) is 25.5. The molecule has 210 valence electrons. The van der Waals surface area contributed by atoms with Crippen LogP contribution in [0.4, 0.5) is 38.4 Å². The monoisotopic (exact) mass is 553 g/mol. The number of allylic oxidation sites excluding steroid dienone is 3. The second-order valence-electron chi connectivity index (χ2n) is 9.92. The fourth-order valence-electron chi connectivity index (χ4n) is 5.45. The number of rotatable bonds is 5. The number of piperidine rings is 1. The van der Waals surface area contributed by atoms with Crippen molar-refractivity contribution in [1.29, 1.82) is 0 Å². The molecule has 0 radical (unpaired) electrons. The van der Waals surface area contributed by atoms with Gasteiger partial charge in [0.2, 0.25) is 6.23 Å². The third-order valence-corrected chi connectivity index (χ3v) is 7.40. The van der Waals surface area contributed by atoms with E-state index in [1.807, 2.05) is 4.90 Å². The summed E-state index contributed by atoms with van der Waals surface area (Å²) in [7, 11) is 0. The molecule has 4 atom stereocenters. The number of likely N-dealkylation sites (tertiary alicyclic amines) is 1. The summed E-state index contributed by atoms with van der Waals surface area (Å²) in [6.07, 6.45) is -1.75. The van der Waals surface area contributed by atoms with Crippen molar-refractivity contribution in [2.24, 2.45) is 5.92 Å². The molecule has 5 rings (SSSR count). The molecule has 2 saturated heterocycles. The Morgan fingerprint density at radius 1 is 1.13 bits per heavy atom. The van der Waals surface area contributed by atoms with Crippen LogP contribution in [0.1, 0.15) is 25.7 Å². The molecular formula is C25H28F5N7O2. The maximum atomic E-state index is 14.6. The minimum Gasteiger partial charge on any atom is -0.370 e. The lowest BCUT2D eigenvalue weighted by atomic mass is 9.89. The van der Waals surface area contributed by atoms with Gasteiger partial charge >= 0.3 is 12.2 Å². The summed E-state index contributed by atoms with van der Waals surface area (Å²) in [6.45, 7) is 0.545. The van der Waals surface area contributed by atoms with Gasteiger partial charge in [0, 0.05) is 37.6 Å². The van der Waals surface area contributed by atoms with Crippen LogP contribution in [-0.2, 0) is 0 Å². The number of hydrogen-bond donors (Lipinski definition) is 3. The molecule has 0 aromatic carbocycles. The zero-order valence-electron chi connectivity index (χ0n) is 20.8. The smallest absolute Gasteiger partial charge is 0.370 e. The summed E-state index contributed by atoms with van der Waals surface area (Å²) in [5, 5.41) is 14.8. The first-order chi connectivity index (χ1) is 18.6. The molecule has 3 aliphatic rings. The van der Waals surface area contributed by atoms with Gasteiger partial charge in [-0.15, -0.1) is 0 Å². The zero-order valence-corrected chi connectivity index (χ0v) is 20.8. The number of aliphatic hydroxyl groups is 1. The van der Waals surface area contributed by atoms with Crippen molar-refractivity contribution in [2.75, 3.05) is 29.9 Å². The van der Waals surface area contributed by atoms with E-state index >= 15 is 0 Å². The van der Waals surface area contributed by atoms with Crippen LogP contribution < -0.4 is 15.5 Å². The van der Waals surface area contributed by atoms with Crippen LogP contribution in [0.3, 0.4) is 0 Å². The summed E-state index contributed by atoms with van der Waals surface area (Å²) in [4.78, 5) is 28.6. The summed E-state index contributed by atoms with van der Waals surface area (Å²) < 4.78 is 66.8. The van der Waals surface area contributed by atoms with Crippen molar-refractivity contribution >= 4 is 28.7 Å². The molecule has 3 unspecified atom stereocenters. The number of amides is 2. The number of nitrogens with zero attached hydrogens (tertiary/aromatic N) is 5. The van der Waals surface area contributed by atoms with Crippen LogP contribution in [0, 0.1) is 5.92 Å². The van der Waals surface area contributed by atoms with E-state index in [0.29, 0.717) is 29.8 Å². The standard InChI is InChI=1S/C25H28F5N7O2/c26-14-3-4-17(27)16(12-14)19-2-1-9-37(19)20-6-5-18-21(34-20)22(32-13-31-18)35-24(39)33-15-7-10-36(11-8-15)23(38)25(28,29)30/h3-6,12-13,15-17,19,23,38H,1-2,7-11H2,(H2,31,32,33,35,39)/t16?,17?,19-,23?/m1/s1. The number of urea groups is 1. The van der Waals surface area contributed by atoms with Gasteiger partial charge in [0.05, 0.1) is 5.52 Å². The molecular weight excluding hydrogens is 525 g/mol. The summed E-state index contributed by atoms with van der Waals surface area (Å²) in [5.41, 5.74) is 0.769. The van der Waals surface area contributed by atoms with Crippen molar-refractivity contribution < 1.29 is 31.9 Å². The topological polar surface area (TPSA) is 107 Å². The number of carbonyl (C=O) groups is 1. The number of carbonyl (C=O) groups excluding carboxylic acids is 1. The summed E-state index contributed by atoms with van der Waals surface area (Å²) >= 11 is 0. The van der Waals surface area contributed by atoms with Gasteiger partial charge in [0.1, 0.15) is 29.7 Å². The van der Waals surface area contributed by atoms with E-state index in [1.54, 1.807) is 12.1 Å². The van der Waals surface area contributed by atoms with Crippen LogP contribution in [0.15, 0.2) is 42.5 Å². The molecule has 2 aliphatic heterocycles. The lowest BCUT2D eigenvalue weighted by molar-refractivity contribution is -0.252. The molecule has 2 fully saturated rings. The number of hydrogen-bond acceptors (Lipinski definition) is 7. The van der Waals surface area contributed by atoms with Gasteiger partial charge in [-0.2, -0.15) is 13.2 Å². The average molecular weight is 554 g/mol. The van der Waals surface area contributed by atoms with Crippen molar-refractivity contribution in [2.45, 2.75) is 56.3 Å². The van der Waals surface area contributed by atoms with Crippen molar-refractivity contribution in [3.05, 3.63) is 42.5 Å². The van der Waals surface area contributed by atoms with Crippen molar-refractivity contribution in [3.8, 4) is 0 Å². The first kappa shape index (κ1) is 27.2. The Labute approximate surface area is 220 Å². The van der Waals surface area contributed by atoms with Crippen LogP contribution in [0.5, 0.6) is 0 Å². The first-order valence-corrected chi connectivity index (χ1v) is 12.7. The highest BCUT2D eigenvalue weighted by Crippen LogP contribution is 2.36. The Hall–Kier alpha value is -3.39. The maximum Gasteiger partial charge on any atom is 0.428 e. The second-order valence-corrected chi connectivity index (χ2v) is 9.92. The summed E-state index contributed by atoms with van der Waals surface area (Å²) in [5.74, 6) is -0.473. The SMILES string of the molecule is O=C(Nc1ncnc2ccc(N3CCC[C@@H]3C3C=C(F)C=CC3F)nc12)NC1CCN(C(O)C(F)(F)F)CC1. The van der Waals surface area contributed by atoms with Crippen LogP contribution in [0.25, 0.3) is 11.0 Å². The highest BCUT2D eigenvalue weighted by Gasteiger charge is 2.43. The van der Waals surface area contributed by atoms with Gasteiger partial charge in [-0.25, -0.2) is 28.5 Å². The van der Waals surface area contributed by atoms with Gasteiger partial charge < -0.3 is 15.3 Å². The highest BCUT2D eigenvalue weighted by molar-refractivity contribution is 5.97. The lowest BCUT2D eigenvalue weighted by Crippen LogP contribution is -2.52. The average Bonchev–Trinajstić information content (AvgIpc) is 3.39. The molecule has 3 N–H and O–H groups in total. The van der Waals surface area contributed by atoms with Gasteiger partial charge in [-0.3, -0.25) is 10.2 Å². The van der Waals surface area contributed by atoms with E-state index in [1.165, 1.54) is 18.5 Å². The molecule has 0 saturated carbocycles. The molecule has 4 heterocycles. The van der Waals surface area contributed by atoms with Crippen LogP contribution in [-0.4, -0.2) is 81.3 Å². The van der Waals surface area contributed by atoms with E-state index in [0.717, 1.165) is 17.4 Å². The maximum absolute atomic E-state index is 14.6. The number of aliphatic hydroxyl groups excluding tert-OH is 1. The number of nitrogens with one attached hydrogen (secondary N) is 2. The molecule has 2 aromatic heterocycles. The molecule has 39 heavy (non-hydrogen) atoms. The quantitative estimate of drug-likeness (QED) is 0.483. The highest BCUT2D eigenvalue weighted by atomic mass is 19.4. The summed E-state index contributed by atoms with van der Waals surface area (Å²) in [6, 6.07) is 2.16. The van der Waals surface area contributed by atoms with Crippen molar-refractivity contribution in [3.63, 3.8) is 0 Å². The first-order valence-electron chi connectivity index (χ1n) is 12.7. The minimum atomic E-state index is -4.74. The Morgan fingerprint density at radius 2 is 1.90 bits per heavy atom. The number of fused-ring (bicyclic) bond motifs is 1. The fourth-order valence-corrected chi connectivity index (χ4v) is 5.45. The second kappa shape index (κ2) is 11.0. The van der Waals surface area contributed by atoms with E-state index < -0.39 is 42.4 Å². The lowest BCUT2D eigenvalue weighted by Gasteiger charge is -2.35. The predicted molar refractivity (Wildman–Crippen MR) is 133 cm³/mol. The van der Waals surface area contributed by atoms with E-state index in [4.69, 9.17) is 0 Å².